The summed E-state index contributed by atoms with van der Waals surface area (Å²) >= 11 is 0. The van der Waals surface area contributed by atoms with Crippen LogP contribution in [0.5, 0.6) is 0 Å². The van der Waals surface area contributed by atoms with Crippen LogP contribution in [0.1, 0.15) is 5.56 Å². The van der Waals surface area contributed by atoms with Gasteiger partial charge in [-0.05, 0) is 42.8 Å². The zero-order chi connectivity index (χ0) is 18.4. The predicted molar refractivity (Wildman–Crippen MR) is 89.4 cm³/mol. The largest absolute Gasteiger partial charge is 0.322 e. The molecule has 1 amide bonds. The van der Waals surface area contributed by atoms with Crippen molar-refractivity contribution >= 4 is 21.6 Å². The van der Waals surface area contributed by atoms with Crippen LogP contribution in [-0.4, -0.2) is 27.4 Å². The zero-order valence-corrected chi connectivity index (χ0v) is 13.9. The van der Waals surface area contributed by atoms with Gasteiger partial charge in [0.1, 0.15) is 11.6 Å². The smallest absolute Gasteiger partial charge is 0.238 e. The standard InChI is InChI=1S/C16H17F2N3O3S/c17-12-3-6-15(14(18)9-12)21-16(22)10-20-8-7-11-1-4-13(5-2-11)25(19,23)24/h1-6,9,20H,7-8,10H2,(H,21,22)(H2,19,23,24). The molecule has 134 valence electrons. The second-order valence-corrected chi connectivity index (χ2v) is 6.85. The number of hydrogen-bond acceptors (Lipinski definition) is 4. The van der Waals surface area contributed by atoms with Gasteiger partial charge in [0.25, 0.3) is 0 Å². The third-order valence-electron chi connectivity index (χ3n) is 3.33. The number of sulfonamides is 1. The Hall–Kier alpha value is -2.36. The average molecular weight is 369 g/mol. The Morgan fingerprint density at radius 3 is 2.36 bits per heavy atom. The van der Waals surface area contributed by atoms with Crippen molar-refractivity contribution in [2.45, 2.75) is 11.3 Å². The van der Waals surface area contributed by atoms with Gasteiger partial charge in [-0.15, -0.1) is 0 Å². The Morgan fingerprint density at radius 2 is 1.76 bits per heavy atom. The molecule has 0 fully saturated rings. The number of halogens is 2. The summed E-state index contributed by atoms with van der Waals surface area (Å²) < 4.78 is 48.5. The highest BCUT2D eigenvalue weighted by atomic mass is 32.2. The van der Waals surface area contributed by atoms with E-state index in [1.54, 1.807) is 12.1 Å². The minimum absolute atomic E-state index is 0.0323. The van der Waals surface area contributed by atoms with Crippen LogP contribution in [0.3, 0.4) is 0 Å². The van der Waals surface area contributed by atoms with Gasteiger partial charge < -0.3 is 10.6 Å². The zero-order valence-electron chi connectivity index (χ0n) is 13.1. The Balaban J connectivity index is 1.76. The molecule has 0 heterocycles. The van der Waals surface area contributed by atoms with Crippen LogP contribution in [0, 0.1) is 11.6 Å². The highest BCUT2D eigenvalue weighted by Crippen LogP contribution is 2.14. The maximum absolute atomic E-state index is 13.4. The second-order valence-electron chi connectivity index (χ2n) is 5.29. The number of carbonyl (C=O) groups excluding carboxylic acids is 1. The van der Waals surface area contributed by atoms with Gasteiger partial charge in [0.05, 0.1) is 17.1 Å². The fraction of sp³-hybridized carbons (Fsp3) is 0.188. The Morgan fingerprint density at radius 1 is 1.08 bits per heavy atom. The van der Waals surface area contributed by atoms with E-state index in [9.17, 15) is 22.0 Å². The van der Waals surface area contributed by atoms with Crippen LogP contribution in [0.15, 0.2) is 47.4 Å². The van der Waals surface area contributed by atoms with Crippen molar-refractivity contribution in [2.24, 2.45) is 5.14 Å². The Bertz CT molecular complexity index is 855. The van der Waals surface area contributed by atoms with E-state index in [-0.39, 0.29) is 17.1 Å². The summed E-state index contributed by atoms with van der Waals surface area (Å²) in [4.78, 5) is 11.7. The van der Waals surface area contributed by atoms with Crippen molar-refractivity contribution in [3.8, 4) is 0 Å². The molecular weight excluding hydrogens is 352 g/mol. The van der Waals surface area contributed by atoms with Gasteiger partial charge in [0, 0.05) is 6.07 Å². The molecular formula is C16H17F2N3O3S. The van der Waals surface area contributed by atoms with Gasteiger partial charge in [0.2, 0.25) is 15.9 Å². The lowest BCUT2D eigenvalue weighted by Gasteiger charge is -2.08. The first-order chi connectivity index (χ1) is 11.8. The number of carbonyl (C=O) groups is 1. The number of amides is 1. The molecule has 2 aromatic carbocycles. The molecule has 0 unspecified atom stereocenters. The van der Waals surface area contributed by atoms with Crippen LogP contribution in [0.2, 0.25) is 0 Å². The van der Waals surface area contributed by atoms with E-state index in [4.69, 9.17) is 5.14 Å². The average Bonchev–Trinajstić information content (AvgIpc) is 2.54. The third kappa shape index (κ3) is 5.89. The topological polar surface area (TPSA) is 101 Å². The van der Waals surface area contributed by atoms with Crippen molar-refractivity contribution < 1.29 is 22.0 Å². The molecule has 9 heteroatoms. The van der Waals surface area contributed by atoms with Crippen LogP contribution in [0.25, 0.3) is 0 Å². The van der Waals surface area contributed by atoms with E-state index in [1.165, 1.54) is 12.1 Å². The molecule has 4 N–H and O–H groups in total. The number of benzene rings is 2. The summed E-state index contributed by atoms with van der Waals surface area (Å²) in [6.45, 7) is 0.403. The summed E-state index contributed by atoms with van der Waals surface area (Å²) in [5.74, 6) is -2.03. The van der Waals surface area contributed by atoms with Crippen molar-refractivity contribution in [1.82, 2.24) is 5.32 Å². The lowest BCUT2D eigenvalue weighted by molar-refractivity contribution is -0.115. The van der Waals surface area contributed by atoms with E-state index in [0.29, 0.717) is 19.0 Å². The summed E-state index contributed by atoms with van der Waals surface area (Å²) in [5, 5.41) is 10.2. The lowest BCUT2D eigenvalue weighted by Crippen LogP contribution is -2.29. The molecule has 0 aliphatic carbocycles. The quantitative estimate of drug-likeness (QED) is 0.642. The Kier molecular flexibility index (Phi) is 6.18. The summed E-state index contributed by atoms with van der Waals surface area (Å²) in [6.07, 6.45) is 0.559. The molecule has 2 rings (SSSR count). The van der Waals surface area contributed by atoms with Crippen LogP contribution < -0.4 is 15.8 Å². The number of nitrogens with one attached hydrogen (secondary N) is 2. The van der Waals surface area contributed by atoms with Crippen LogP contribution in [0.4, 0.5) is 14.5 Å². The number of hydrogen-bond donors (Lipinski definition) is 3. The van der Waals surface area contributed by atoms with Gasteiger partial charge >= 0.3 is 0 Å². The highest BCUT2D eigenvalue weighted by Gasteiger charge is 2.08. The second kappa shape index (κ2) is 8.15. The monoisotopic (exact) mass is 369 g/mol. The SMILES string of the molecule is NS(=O)(=O)c1ccc(CCNCC(=O)Nc2ccc(F)cc2F)cc1. The van der Waals surface area contributed by atoms with E-state index in [1.807, 2.05) is 0 Å². The molecule has 2 aromatic rings. The van der Waals surface area contributed by atoms with Crippen molar-refractivity contribution in [3.63, 3.8) is 0 Å². The third-order valence-corrected chi connectivity index (χ3v) is 4.26. The fourth-order valence-electron chi connectivity index (χ4n) is 2.07. The first-order valence-corrected chi connectivity index (χ1v) is 8.88. The van der Waals surface area contributed by atoms with Gasteiger partial charge in [0.15, 0.2) is 0 Å². The summed E-state index contributed by atoms with van der Waals surface area (Å²) in [5.41, 5.74) is 0.775. The van der Waals surface area contributed by atoms with Gasteiger partial charge in [-0.25, -0.2) is 22.3 Å². The minimum Gasteiger partial charge on any atom is -0.322 e. The molecule has 0 aromatic heterocycles. The van der Waals surface area contributed by atoms with E-state index >= 15 is 0 Å². The molecule has 0 radical (unpaired) electrons. The number of rotatable bonds is 7. The first kappa shape index (κ1) is 19.0. The summed E-state index contributed by atoms with van der Waals surface area (Å²) in [7, 11) is -3.71. The van der Waals surface area contributed by atoms with Crippen molar-refractivity contribution in [2.75, 3.05) is 18.4 Å². The van der Waals surface area contributed by atoms with Gasteiger partial charge in [-0.2, -0.15) is 0 Å². The highest BCUT2D eigenvalue weighted by molar-refractivity contribution is 7.89. The normalized spacial score (nSPS) is 11.3. The van der Waals surface area contributed by atoms with Crippen molar-refractivity contribution in [1.29, 1.82) is 0 Å². The number of nitrogens with two attached hydrogens (primary N) is 1. The number of primary sulfonamides is 1. The molecule has 0 saturated carbocycles. The fourth-order valence-corrected chi connectivity index (χ4v) is 2.58. The van der Waals surface area contributed by atoms with E-state index < -0.39 is 27.6 Å². The maximum Gasteiger partial charge on any atom is 0.238 e. The van der Waals surface area contributed by atoms with E-state index in [0.717, 1.165) is 17.7 Å². The van der Waals surface area contributed by atoms with Gasteiger partial charge in [-0.1, -0.05) is 12.1 Å². The molecule has 0 aliphatic rings. The first-order valence-electron chi connectivity index (χ1n) is 7.33. The lowest BCUT2D eigenvalue weighted by atomic mass is 10.1. The molecule has 0 bridgehead atoms. The van der Waals surface area contributed by atoms with Crippen LogP contribution in [-0.2, 0) is 21.2 Å². The molecule has 0 spiro atoms. The van der Waals surface area contributed by atoms with E-state index in [2.05, 4.69) is 10.6 Å². The summed E-state index contributed by atoms with van der Waals surface area (Å²) in [6, 6.07) is 8.98. The minimum atomic E-state index is -3.71. The van der Waals surface area contributed by atoms with Crippen LogP contribution >= 0.6 is 0 Å². The molecule has 6 nitrogen and oxygen atoms in total. The molecule has 0 atom stereocenters. The van der Waals surface area contributed by atoms with Gasteiger partial charge in [-0.3, -0.25) is 4.79 Å². The Labute approximate surface area is 144 Å². The predicted octanol–water partition coefficient (Wildman–Crippen LogP) is 1.38. The molecule has 0 aliphatic heterocycles. The van der Waals surface area contributed by atoms with Crippen molar-refractivity contribution in [3.05, 3.63) is 59.7 Å². The molecule has 0 saturated heterocycles. The molecule has 25 heavy (non-hydrogen) atoms. The maximum atomic E-state index is 13.4. The number of anilines is 1.